The second-order valence-electron chi connectivity index (χ2n) is 6.03. The third-order valence-corrected chi connectivity index (χ3v) is 3.64. The summed E-state index contributed by atoms with van der Waals surface area (Å²) in [6.45, 7) is 9.85. The molecular formula is C15H26N2O. The molecule has 0 bridgehead atoms. The Morgan fingerprint density at radius 3 is 2.44 bits per heavy atom. The fourth-order valence-corrected chi connectivity index (χ4v) is 1.99. The number of hydrogen-bond acceptors (Lipinski definition) is 3. The summed E-state index contributed by atoms with van der Waals surface area (Å²) in [5.41, 5.74) is 8.01. The Balaban J connectivity index is 2.87. The number of hydrogen-bond donors (Lipinski definition) is 1. The van der Waals surface area contributed by atoms with Gasteiger partial charge in [0.1, 0.15) is 5.75 Å². The van der Waals surface area contributed by atoms with E-state index in [-0.39, 0.29) is 5.41 Å². The molecule has 0 aliphatic carbocycles. The van der Waals surface area contributed by atoms with Crippen molar-refractivity contribution < 1.29 is 4.74 Å². The quantitative estimate of drug-likeness (QED) is 0.834. The summed E-state index contributed by atoms with van der Waals surface area (Å²) < 4.78 is 5.38. The van der Waals surface area contributed by atoms with Crippen molar-refractivity contribution in [2.45, 2.75) is 40.3 Å². The summed E-state index contributed by atoms with van der Waals surface area (Å²) >= 11 is 0. The number of rotatable bonds is 4. The number of ether oxygens (including phenoxy) is 1. The number of nitrogen functional groups attached to an aromatic ring is 1. The molecule has 0 radical (unpaired) electrons. The standard InChI is InChI=1S/C15H26N2O/c1-11(15(2,3)4)17(5)10-12-9-13(16)7-8-14(12)18-6/h7-9,11H,10,16H2,1-6H3. The van der Waals surface area contributed by atoms with Gasteiger partial charge in [-0.3, -0.25) is 4.90 Å². The van der Waals surface area contributed by atoms with Crippen molar-refractivity contribution in [3.05, 3.63) is 23.8 Å². The largest absolute Gasteiger partial charge is 0.496 e. The number of benzene rings is 1. The monoisotopic (exact) mass is 250 g/mol. The van der Waals surface area contributed by atoms with Crippen LogP contribution in [0.3, 0.4) is 0 Å². The molecule has 18 heavy (non-hydrogen) atoms. The highest BCUT2D eigenvalue weighted by Crippen LogP contribution is 2.27. The molecule has 0 spiro atoms. The van der Waals surface area contributed by atoms with Crippen molar-refractivity contribution in [2.75, 3.05) is 19.9 Å². The van der Waals surface area contributed by atoms with Gasteiger partial charge in [-0.25, -0.2) is 0 Å². The van der Waals surface area contributed by atoms with Gasteiger partial charge in [-0.2, -0.15) is 0 Å². The van der Waals surface area contributed by atoms with Gasteiger partial charge >= 0.3 is 0 Å². The highest BCUT2D eigenvalue weighted by Gasteiger charge is 2.24. The fraction of sp³-hybridized carbons (Fsp3) is 0.600. The van der Waals surface area contributed by atoms with Gasteiger partial charge in [-0.05, 0) is 37.6 Å². The predicted molar refractivity (Wildman–Crippen MR) is 77.8 cm³/mol. The van der Waals surface area contributed by atoms with Gasteiger partial charge in [-0.1, -0.05) is 20.8 Å². The van der Waals surface area contributed by atoms with Crippen LogP contribution in [0, 0.1) is 5.41 Å². The SMILES string of the molecule is COc1ccc(N)cc1CN(C)C(C)C(C)(C)C. The van der Waals surface area contributed by atoms with E-state index in [1.54, 1.807) is 7.11 Å². The van der Waals surface area contributed by atoms with Gasteiger partial charge in [0.2, 0.25) is 0 Å². The van der Waals surface area contributed by atoms with E-state index in [9.17, 15) is 0 Å². The first-order chi connectivity index (χ1) is 8.25. The summed E-state index contributed by atoms with van der Waals surface area (Å²) in [7, 11) is 3.83. The van der Waals surface area contributed by atoms with Crippen LogP contribution in [0.2, 0.25) is 0 Å². The van der Waals surface area contributed by atoms with E-state index in [0.717, 1.165) is 23.5 Å². The third kappa shape index (κ3) is 3.64. The maximum Gasteiger partial charge on any atom is 0.123 e. The lowest BCUT2D eigenvalue weighted by Crippen LogP contribution is -2.38. The maximum absolute atomic E-state index is 5.85. The summed E-state index contributed by atoms with van der Waals surface area (Å²) in [5, 5.41) is 0. The number of nitrogens with two attached hydrogens (primary N) is 1. The predicted octanol–water partition coefficient (Wildman–Crippen LogP) is 3.14. The number of nitrogens with zero attached hydrogens (tertiary/aromatic N) is 1. The van der Waals surface area contributed by atoms with E-state index in [4.69, 9.17) is 10.5 Å². The molecule has 3 nitrogen and oxygen atoms in total. The van der Waals surface area contributed by atoms with Crippen LogP contribution in [0.5, 0.6) is 5.75 Å². The lowest BCUT2D eigenvalue weighted by atomic mass is 9.87. The Morgan fingerprint density at radius 1 is 1.33 bits per heavy atom. The van der Waals surface area contributed by atoms with Crippen molar-refractivity contribution in [3.63, 3.8) is 0 Å². The second kappa shape index (κ2) is 5.61. The van der Waals surface area contributed by atoms with Gasteiger partial charge in [0.15, 0.2) is 0 Å². The van der Waals surface area contributed by atoms with Crippen LogP contribution in [-0.2, 0) is 6.54 Å². The average molecular weight is 250 g/mol. The van der Waals surface area contributed by atoms with Crippen LogP contribution < -0.4 is 10.5 Å². The topological polar surface area (TPSA) is 38.5 Å². The minimum Gasteiger partial charge on any atom is -0.496 e. The molecule has 0 saturated carbocycles. The molecule has 0 aliphatic heterocycles. The lowest BCUT2D eigenvalue weighted by molar-refractivity contribution is 0.133. The first-order valence-electron chi connectivity index (χ1n) is 6.38. The van der Waals surface area contributed by atoms with Crippen LogP contribution >= 0.6 is 0 Å². The Labute approximate surface area is 111 Å². The molecule has 1 aromatic carbocycles. The summed E-state index contributed by atoms with van der Waals surface area (Å²) in [4.78, 5) is 2.33. The van der Waals surface area contributed by atoms with Gasteiger partial charge in [0, 0.05) is 23.8 Å². The zero-order valence-electron chi connectivity index (χ0n) is 12.4. The molecule has 2 N–H and O–H groups in total. The van der Waals surface area contributed by atoms with E-state index in [2.05, 4.69) is 39.6 Å². The number of methoxy groups -OCH3 is 1. The van der Waals surface area contributed by atoms with Crippen molar-refractivity contribution >= 4 is 5.69 Å². The Hall–Kier alpha value is -1.22. The second-order valence-corrected chi connectivity index (χ2v) is 6.03. The molecule has 1 aromatic rings. The molecule has 0 amide bonds. The molecule has 0 heterocycles. The Kier molecular flexibility index (Phi) is 4.63. The van der Waals surface area contributed by atoms with E-state index in [1.165, 1.54) is 0 Å². The van der Waals surface area contributed by atoms with Crippen LogP contribution in [0.25, 0.3) is 0 Å². The molecule has 0 saturated heterocycles. The molecule has 0 aliphatic rings. The highest BCUT2D eigenvalue weighted by molar-refractivity contribution is 5.47. The van der Waals surface area contributed by atoms with Crippen LogP contribution in [-0.4, -0.2) is 25.1 Å². The van der Waals surface area contributed by atoms with E-state index < -0.39 is 0 Å². The third-order valence-electron chi connectivity index (χ3n) is 3.64. The molecule has 1 rings (SSSR count). The fourth-order valence-electron chi connectivity index (χ4n) is 1.99. The minimum atomic E-state index is 0.252. The van der Waals surface area contributed by atoms with Crippen molar-refractivity contribution in [1.29, 1.82) is 0 Å². The van der Waals surface area contributed by atoms with Crippen LogP contribution in [0.4, 0.5) is 5.69 Å². The zero-order chi connectivity index (χ0) is 13.9. The molecule has 0 fully saturated rings. The molecular weight excluding hydrogens is 224 g/mol. The molecule has 0 aromatic heterocycles. The summed E-state index contributed by atoms with van der Waals surface area (Å²) in [6, 6.07) is 6.27. The van der Waals surface area contributed by atoms with Gasteiger partial charge in [-0.15, -0.1) is 0 Å². The van der Waals surface area contributed by atoms with Crippen LogP contribution in [0.15, 0.2) is 18.2 Å². The van der Waals surface area contributed by atoms with Crippen molar-refractivity contribution in [2.24, 2.45) is 5.41 Å². The van der Waals surface area contributed by atoms with Gasteiger partial charge in [0.25, 0.3) is 0 Å². The molecule has 102 valence electrons. The molecule has 1 unspecified atom stereocenters. The van der Waals surface area contributed by atoms with Crippen LogP contribution in [0.1, 0.15) is 33.3 Å². The lowest BCUT2D eigenvalue weighted by Gasteiger charge is -2.35. The summed E-state index contributed by atoms with van der Waals surface area (Å²) in [6.07, 6.45) is 0. The smallest absolute Gasteiger partial charge is 0.123 e. The Morgan fingerprint density at radius 2 is 1.94 bits per heavy atom. The molecule has 1 atom stereocenters. The van der Waals surface area contributed by atoms with E-state index in [0.29, 0.717) is 6.04 Å². The first kappa shape index (κ1) is 14.8. The maximum atomic E-state index is 5.85. The van der Waals surface area contributed by atoms with E-state index in [1.807, 2.05) is 18.2 Å². The molecule has 3 heteroatoms. The zero-order valence-corrected chi connectivity index (χ0v) is 12.4. The highest BCUT2D eigenvalue weighted by atomic mass is 16.5. The average Bonchev–Trinajstić information content (AvgIpc) is 2.27. The Bertz CT molecular complexity index is 396. The van der Waals surface area contributed by atoms with Crippen molar-refractivity contribution in [3.8, 4) is 5.75 Å². The summed E-state index contributed by atoms with van der Waals surface area (Å²) in [5.74, 6) is 0.900. The first-order valence-corrected chi connectivity index (χ1v) is 6.38. The van der Waals surface area contributed by atoms with E-state index >= 15 is 0 Å². The van der Waals surface area contributed by atoms with Gasteiger partial charge < -0.3 is 10.5 Å². The number of anilines is 1. The van der Waals surface area contributed by atoms with Crippen molar-refractivity contribution in [1.82, 2.24) is 4.90 Å². The normalized spacial score (nSPS) is 13.7. The van der Waals surface area contributed by atoms with Gasteiger partial charge in [0.05, 0.1) is 7.11 Å². The minimum absolute atomic E-state index is 0.252.